The molecule has 0 bridgehead atoms. The summed E-state index contributed by atoms with van der Waals surface area (Å²) in [6, 6.07) is 11.4. The highest BCUT2D eigenvalue weighted by molar-refractivity contribution is 9.10. The third-order valence-corrected chi connectivity index (χ3v) is 3.55. The Labute approximate surface area is 123 Å². The van der Waals surface area contributed by atoms with Crippen molar-refractivity contribution in [3.05, 3.63) is 58.0 Å². The molecule has 0 radical (unpaired) electrons. The van der Waals surface area contributed by atoms with Crippen molar-refractivity contribution in [1.29, 1.82) is 0 Å². The highest BCUT2D eigenvalue weighted by Crippen LogP contribution is 2.28. The predicted octanol–water partition coefficient (Wildman–Crippen LogP) is 4.86. The van der Waals surface area contributed by atoms with Gasteiger partial charge in [-0.2, -0.15) is 0 Å². The van der Waals surface area contributed by atoms with Crippen LogP contribution in [-0.2, 0) is 6.54 Å². The first-order valence-corrected chi connectivity index (χ1v) is 6.92. The molecule has 0 aliphatic rings. The number of benzene rings is 1. The van der Waals surface area contributed by atoms with Crippen LogP contribution in [0.2, 0.25) is 5.02 Å². The Morgan fingerprint density at radius 1 is 1.21 bits per heavy atom. The van der Waals surface area contributed by atoms with Crippen LogP contribution in [0.25, 0.3) is 10.9 Å². The van der Waals surface area contributed by atoms with Crippen LogP contribution in [0.15, 0.2) is 51.7 Å². The molecule has 0 aliphatic carbocycles. The quantitative estimate of drug-likeness (QED) is 0.742. The van der Waals surface area contributed by atoms with Crippen LogP contribution < -0.4 is 5.32 Å². The number of nitrogens with one attached hydrogen (secondary N) is 1. The Morgan fingerprint density at radius 3 is 2.89 bits per heavy atom. The van der Waals surface area contributed by atoms with Crippen molar-refractivity contribution in [1.82, 2.24) is 4.98 Å². The Hall–Kier alpha value is -1.52. The van der Waals surface area contributed by atoms with E-state index < -0.39 is 0 Å². The average molecular weight is 338 g/mol. The van der Waals surface area contributed by atoms with Gasteiger partial charge in [0.05, 0.1) is 22.8 Å². The van der Waals surface area contributed by atoms with Gasteiger partial charge in [-0.15, -0.1) is 0 Å². The van der Waals surface area contributed by atoms with E-state index in [0.29, 0.717) is 11.6 Å². The smallest absolute Gasteiger partial charge is 0.169 e. The molecule has 0 fully saturated rings. The summed E-state index contributed by atoms with van der Waals surface area (Å²) in [6.07, 6.45) is 1.76. The number of anilines is 1. The van der Waals surface area contributed by atoms with E-state index in [0.717, 1.165) is 27.0 Å². The topological polar surface area (TPSA) is 38.1 Å². The summed E-state index contributed by atoms with van der Waals surface area (Å²) in [4.78, 5) is 4.37. The second-order valence-corrected chi connectivity index (χ2v) is 5.24. The van der Waals surface area contributed by atoms with Crippen LogP contribution >= 0.6 is 27.5 Å². The molecule has 0 spiro atoms. The molecule has 96 valence electrons. The SMILES string of the molecule is Clc1ccc(NCc2ccc(Br)o2)c2ncccc12. The maximum absolute atomic E-state index is 6.16. The number of fused-ring (bicyclic) bond motifs is 1. The Balaban J connectivity index is 1.91. The molecular weight excluding hydrogens is 328 g/mol. The molecule has 3 aromatic rings. The summed E-state index contributed by atoms with van der Waals surface area (Å²) >= 11 is 9.44. The number of hydrogen-bond donors (Lipinski definition) is 1. The Bertz CT molecular complexity index is 726. The fraction of sp³-hybridized carbons (Fsp3) is 0.0714. The van der Waals surface area contributed by atoms with Gasteiger partial charge < -0.3 is 9.73 Å². The second-order valence-electron chi connectivity index (χ2n) is 4.05. The number of furan rings is 1. The molecule has 0 amide bonds. The fourth-order valence-corrected chi connectivity index (χ4v) is 2.47. The standard InChI is InChI=1S/C14H10BrClN2O/c15-13-6-3-9(19-13)8-18-12-5-4-11(16)10-2-1-7-17-14(10)12/h1-7,18H,8H2. The molecule has 5 heteroatoms. The van der Waals surface area contributed by atoms with Gasteiger partial charge in [-0.1, -0.05) is 11.6 Å². The first kappa shape index (κ1) is 12.5. The van der Waals surface area contributed by atoms with Crippen molar-refractivity contribution in [3.8, 4) is 0 Å². The maximum atomic E-state index is 6.16. The van der Waals surface area contributed by atoms with E-state index in [9.17, 15) is 0 Å². The molecule has 1 aromatic carbocycles. The largest absolute Gasteiger partial charge is 0.452 e. The summed E-state index contributed by atoms with van der Waals surface area (Å²) in [5.41, 5.74) is 1.80. The zero-order valence-corrected chi connectivity index (χ0v) is 12.2. The number of pyridine rings is 1. The van der Waals surface area contributed by atoms with Crippen molar-refractivity contribution >= 4 is 44.1 Å². The van der Waals surface area contributed by atoms with E-state index in [1.165, 1.54) is 0 Å². The summed E-state index contributed by atoms with van der Waals surface area (Å²) in [5.74, 6) is 0.853. The lowest BCUT2D eigenvalue weighted by Gasteiger charge is -2.08. The minimum Gasteiger partial charge on any atom is -0.452 e. The zero-order chi connectivity index (χ0) is 13.2. The minimum absolute atomic E-state index is 0.596. The Kier molecular flexibility index (Phi) is 3.44. The third-order valence-electron chi connectivity index (χ3n) is 2.80. The van der Waals surface area contributed by atoms with Crippen LogP contribution in [0.4, 0.5) is 5.69 Å². The molecule has 0 aliphatic heterocycles. The Morgan fingerprint density at radius 2 is 2.11 bits per heavy atom. The van der Waals surface area contributed by atoms with Crippen molar-refractivity contribution in [3.63, 3.8) is 0 Å². The van der Waals surface area contributed by atoms with Crippen molar-refractivity contribution in [2.75, 3.05) is 5.32 Å². The van der Waals surface area contributed by atoms with Crippen molar-refractivity contribution in [2.45, 2.75) is 6.54 Å². The number of hydrogen-bond acceptors (Lipinski definition) is 3. The van der Waals surface area contributed by atoms with Crippen LogP contribution in [0.5, 0.6) is 0 Å². The summed E-state index contributed by atoms with van der Waals surface area (Å²) in [6.45, 7) is 0.596. The van der Waals surface area contributed by atoms with Gasteiger partial charge in [0.1, 0.15) is 5.76 Å². The second kappa shape index (κ2) is 5.23. The minimum atomic E-state index is 0.596. The van der Waals surface area contributed by atoms with Crippen molar-refractivity contribution < 1.29 is 4.42 Å². The highest BCUT2D eigenvalue weighted by atomic mass is 79.9. The predicted molar refractivity (Wildman–Crippen MR) is 80.5 cm³/mol. The number of nitrogens with zero attached hydrogens (tertiary/aromatic N) is 1. The molecule has 0 saturated carbocycles. The summed E-state index contributed by atoms with van der Waals surface area (Å²) in [5, 5.41) is 4.95. The number of halogens is 2. The van der Waals surface area contributed by atoms with Gasteiger partial charge in [0, 0.05) is 11.6 Å². The fourth-order valence-electron chi connectivity index (χ4n) is 1.91. The molecule has 0 saturated heterocycles. The van der Waals surface area contributed by atoms with Crippen LogP contribution in [0.1, 0.15) is 5.76 Å². The molecular formula is C14H10BrClN2O. The summed E-state index contributed by atoms with van der Waals surface area (Å²) < 4.78 is 6.17. The first-order valence-electron chi connectivity index (χ1n) is 5.75. The molecule has 2 heterocycles. The van der Waals surface area contributed by atoms with Crippen LogP contribution in [0.3, 0.4) is 0 Å². The van der Waals surface area contributed by atoms with Crippen LogP contribution in [0, 0.1) is 0 Å². The molecule has 19 heavy (non-hydrogen) atoms. The highest BCUT2D eigenvalue weighted by Gasteiger charge is 2.06. The van der Waals surface area contributed by atoms with Gasteiger partial charge in [-0.25, -0.2) is 0 Å². The molecule has 3 nitrogen and oxygen atoms in total. The van der Waals surface area contributed by atoms with Gasteiger partial charge >= 0.3 is 0 Å². The lowest BCUT2D eigenvalue weighted by Crippen LogP contribution is -1.99. The van der Waals surface area contributed by atoms with E-state index >= 15 is 0 Å². The van der Waals surface area contributed by atoms with E-state index in [-0.39, 0.29) is 0 Å². The van der Waals surface area contributed by atoms with E-state index in [4.69, 9.17) is 16.0 Å². The summed E-state index contributed by atoms with van der Waals surface area (Å²) in [7, 11) is 0. The monoisotopic (exact) mass is 336 g/mol. The maximum Gasteiger partial charge on any atom is 0.169 e. The molecule has 3 rings (SSSR count). The van der Waals surface area contributed by atoms with E-state index in [1.54, 1.807) is 6.20 Å². The molecule has 0 atom stereocenters. The molecule has 1 N–H and O–H groups in total. The van der Waals surface area contributed by atoms with Gasteiger partial charge in [-0.05, 0) is 52.3 Å². The van der Waals surface area contributed by atoms with Gasteiger partial charge in [0.15, 0.2) is 4.67 Å². The van der Waals surface area contributed by atoms with Crippen LogP contribution in [-0.4, -0.2) is 4.98 Å². The van der Waals surface area contributed by atoms with Gasteiger partial charge in [0.25, 0.3) is 0 Å². The van der Waals surface area contributed by atoms with Gasteiger partial charge in [0.2, 0.25) is 0 Å². The van der Waals surface area contributed by atoms with Gasteiger partial charge in [-0.3, -0.25) is 4.98 Å². The lowest BCUT2D eigenvalue weighted by molar-refractivity contribution is 0.495. The number of aromatic nitrogens is 1. The lowest BCUT2D eigenvalue weighted by atomic mass is 10.2. The normalized spacial score (nSPS) is 10.8. The average Bonchev–Trinajstić information content (AvgIpc) is 2.84. The molecule has 2 aromatic heterocycles. The first-order chi connectivity index (χ1) is 9.24. The zero-order valence-electron chi connectivity index (χ0n) is 9.86. The number of rotatable bonds is 3. The third kappa shape index (κ3) is 2.60. The van der Waals surface area contributed by atoms with Crippen molar-refractivity contribution in [2.24, 2.45) is 0 Å². The van der Waals surface area contributed by atoms with E-state index in [2.05, 4.69) is 26.2 Å². The van der Waals surface area contributed by atoms with E-state index in [1.807, 2.05) is 36.4 Å². The molecule has 0 unspecified atom stereocenters.